The quantitative estimate of drug-likeness (QED) is 0.0175. The van der Waals surface area contributed by atoms with Crippen molar-refractivity contribution in [3.05, 3.63) is 143 Å². The summed E-state index contributed by atoms with van der Waals surface area (Å²) in [6.45, 7) is 0. The molecule has 0 aliphatic heterocycles. The minimum absolute atomic E-state index is 0.0184. The van der Waals surface area contributed by atoms with Gasteiger partial charge < -0.3 is 50.1 Å². The molecule has 0 saturated carbocycles. The van der Waals surface area contributed by atoms with Gasteiger partial charge in [0.25, 0.3) is 0 Å². The number of rotatable bonds is 17. The molecule has 0 aliphatic carbocycles. The first-order valence-corrected chi connectivity index (χ1v) is 18.6. The molecule has 6 N–H and O–H groups in total. The molecule has 0 bridgehead atoms. The van der Waals surface area contributed by atoms with Gasteiger partial charge in [0.05, 0.1) is 31.3 Å². The average molecular weight is 911 g/mol. The molecule has 0 spiro atoms. The van der Waals surface area contributed by atoms with Crippen LogP contribution in [0.25, 0.3) is 12.2 Å². The zero-order valence-electron chi connectivity index (χ0n) is 33.8. The Kier molecular flexibility index (Phi) is 14.9. The van der Waals surface area contributed by atoms with E-state index in [4.69, 9.17) is 30.4 Å². The number of carbonyl (C=O) groups is 4. The summed E-state index contributed by atoms with van der Waals surface area (Å²) in [7, 11) is 2.51. The fourth-order valence-electron chi connectivity index (χ4n) is 5.97. The Morgan fingerprint density at radius 1 is 0.585 bits per heavy atom. The molecular weight excluding hydrogens is 874 g/mol. The van der Waals surface area contributed by atoms with Gasteiger partial charge in [0.15, 0.2) is 28.8 Å². The molecule has 5 rings (SSSR count). The first-order chi connectivity index (χ1) is 30.5. The first kappa shape index (κ1) is 48.2. The number of ether oxygens (including phenoxy) is 6. The smallest absolute Gasteiger partial charge is 0.493 e. The minimum Gasteiger partial charge on any atom is -0.493 e. The molecule has 1 unspecified atom stereocenters. The Labute approximate surface area is 364 Å². The number of allylic oxidation sites excluding steroid dienone is 1. The molecule has 0 aliphatic rings. The van der Waals surface area contributed by atoms with Crippen molar-refractivity contribution in [2.75, 3.05) is 25.7 Å². The molecule has 1 atom stereocenters. The van der Waals surface area contributed by atoms with E-state index in [9.17, 15) is 55.7 Å². The zero-order chi connectivity index (χ0) is 47.7. The SMILES string of the molecule is COc1cc(/C=C/C(=O)CC(c2cc(N)cc(N)c2)C(O)(O)C(=O)/C=C/c2ccc(OC(=O)c3ccc(OC(F)(F)F)cc3)c(OC)c2)ccc1OC(=O)c1ccc(OC(F)(F)F)cc1. The van der Waals surface area contributed by atoms with Crippen LogP contribution < -0.4 is 39.9 Å². The highest BCUT2D eigenvalue weighted by Gasteiger charge is 2.43. The maximum atomic E-state index is 13.5. The van der Waals surface area contributed by atoms with Crippen molar-refractivity contribution in [3.8, 4) is 34.5 Å². The third-order valence-electron chi connectivity index (χ3n) is 8.97. The fraction of sp³-hybridized carbons (Fsp3) is 0.156. The Bertz CT molecular complexity index is 2590. The van der Waals surface area contributed by atoms with Crippen LogP contribution in [0, 0.1) is 0 Å². The van der Waals surface area contributed by atoms with Crippen molar-refractivity contribution >= 4 is 47.0 Å². The fourth-order valence-corrected chi connectivity index (χ4v) is 5.97. The molecular formula is C45H36F6N2O12. The molecule has 20 heteroatoms. The van der Waals surface area contributed by atoms with Crippen LogP contribution in [0.4, 0.5) is 37.7 Å². The lowest BCUT2D eigenvalue weighted by molar-refractivity contribution is -0.275. The van der Waals surface area contributed by atoms with E-state index >= 15 is 0 Å². The Hall–Kier alpha value is -7.84. The van der Waals surface area contributed by atoms with Crippen LogP contribution in [0.15, 0.2) is 115 Å². The minimum atomic E-state index is -4.93. The topological polar surface area (TPSA) is 216 Å². The molecule has 5 aromatic rings. The number of esters is 2. The lowest BCUT2D eigenvalue weighted by atomic mass is 9.83. The molecule has 0 amide bonds. The summed E-state index contributed by atoms with van der Waals surface area (Å²) in [5, 5.41) is 22.7. The van der Waals surface area contributed by atoms with Gasteiger partial charge in [-0.3, -0.25) is 9.59 Å². The number of halogens is 6. The summed E-state index contributed by atoms with van der Waals surface area (Å²) in [6, 6.07) is 20.1. The number of benzene rings is 5. The number of nitrogens with two attached hydrogens (primary N) is 2. The van der Waals surface area contributed by atoms with Crippen molar-refractivity contribution in [3.63, 3.8) is 0 Å². The highest BCUT2D eigenvalue weighted by atomic mass is 19.4. The maximum Gasteiger partial charge on any atom is 0.573 e. The van der Waals surface area contributed by atoms with Gasteiger partial charge in [-0.15, -0.1) is 26.3 Å². The van der Waals surface area contributed by atoms with Crippen LogP contribution in [0.2, 0.25) is 0 Å². The Morgan fingerprint density at radius 3 is 1.40 bits per heavy atom. The Balaban J connectivity index is 1.29. The lowest BCUT2D eigenvalue weighted by Crippen LogP contribution is -2.44. The van der Waals surface area contributed by atoms with E-state index in [1.54, 1.807) is 0 Å². The largest absolute Gasteiger partial charge is 0.573 e. The molecule has 0 fully saturated rings. The average Bonchev–Trinajstić information content (AvgIpc) is 3.23. The summed E-state index contributed by atoms with van der Waals surface area (Å²) < 4.78 is 104. The summed E-state index contributed by atoms with van der Waals surface area (Å²) in [4.78, 5) is 52.3. The standard InChI is InChI=1S/C45H36F6N2O12/c1-60-38-19-25(4-16-36(38)62-41(56)27-7-12-33(13-8-27)64-44(46,47)48)3-11-32(54)24-35(29-21-30(52)23-31(53)22-29)43(58,59)40(55)18-6-26-5-17-37(39(20-26)61-2)63-42(57)28-9-14-34(15-10-28)65-45(49,50)51/h3-23,35,58-59H,24,52-53H2,1-2H3/b11-3+,18-6+. The van der Waals surface area contributed by atoms with Gasteiger partial charge in [0.2, 0.25) is 11.6 Å². The van der Waals surface area contributed by atoms with E-state index in [2.05, 4.69) is 9.47 Å². The van der Waals surface area contributed by atoms with Crippen molar-refractivity contribution in [2.45, 2.75) is 30.9 Å². The number of hydrogen-bond donors (Lipinski definition) is 4. The van der Waals surface area contributed by atoms with Crippen LogP contribution >= 0.6 is 0 Å². The zero-order valence-corrected chi connectivity index (χ0v) is 33.8. The van der Waals surface area contributed by atoms with Crippen molar-refractivity contribution in [2.24, 2.45) is 0 Å². The molecule has 14 nitrogen and oxygen atoms in total. The Morgan fingerprint density at radius 2 is 1.00 bits per heavy atom. The van der Waals surface area contributed by atoms with Gasteiger partial charge in [-0.05, 0) is 120 Å². The number of carbonyl (C=O) groups excluding carboxylic acids is 4. The van der Waals surface area contributed by atoms with Crippen molar-refractivity contribution in [1.29, 1.82) is 0 Å². The predicted molar refractivity (Wildman–Crippen MR) is 220 cm³/mol. The first-order valence-electron chi connectivity index (χ1n) is 18.6. The second-order valence-electron chi connectivity index (χ2n) is 13.7. The molecule has 340 valence electrons. The summed E-state index contributed by atoms with van der Waals surface area (Å²) in [5.41, 5.74) is 12.5. The van der Waals surface area contributed by atoms with Crippen LogP contribution in [0.3, 0.4) is 0 Å². The molecule has 0 radical (unpaired) electrons. The number of hydrogen-bond acceptors (Lipinski definition) is 14. The number of aliphatic hydroxyl groups is 2. The second-order valence-corrected chi connectivity index (χ2v) is 13.7. The van der Waals surface area contributed by atoms with Gasteiger partial charge in [0.1, 0.15) is 11.5 Å². The molecule has 0 aromatic heterocycles. The number of methoxy groups -OCH3 is 2. The molecule has 0 saturated heterocycles. The number of nitrogen functional groups attached to an aromatic ring is 2. The third-order valence-corrected chi connectivity index (χ3v) is 8.97. The van der Waals surface area contributed by atoms with E-state index in [-0.39, 0.29) is 56.6 Å². The highest BCUT2D eigenvalue weighted by Crippen LogP contribution is 2.36. The second kappa shape index (κ2) is 20.1. The van der Waals surface area contributed by atoms with Crippen molar-refractivity contribution < 1.29 is 84.2 Å². The van der Waals surface area contributed by atoms with Gasteiger partial charge in [-0.2, -0.15) is 0 Å². The van der Waals surface area contributed by atoms with E-state index in [0.717, 1.165) is 60.7 Å². The summed E-state index contributed by atoms with van der Waals surface area (Å²) >= 11 is 0. The van der Waals surface area contributed by atoms with E-state index < -0.39 is 65.9 Å². The maximum absolute atomic E-state index is 13.5. The van der Waals surface area contributed by atoms with E-state index in [1.165, 1.54) is 81.0 Å². The normalized spacial score (nSPS) is 12.4. The van der Waals surface area contributed by atoms with E-state index in [1.807, 2.05) is 0 Å². The molecule has 5 aromatic carbocycles. The van der Waals surface area contributed by atoms with Gasteiger partial charge in [-0.1, -0.05) is 24.3 Å². The van der Waals surface area contributed by atoms with Crippen LogP contribution in [0.1, 0.15) is 49.7 Å². The molecule has 0 heterocycles. The van der Waals surface area contributed by atoms with Crippen LogP contribution in [0.5, 0.6) is 34.5 Å². The third kappa shape index (κ3) is 13.6. The van der Waals surface area contributed by atoms with Gasteiger partial charge >= 0.3 is 24.7 Å². The highest BCUT2D eigenvalue weighted by molar-refractivity contribution is 6.01. The number of ketones is 2. The van der Waals surface area contributed by atoms with Gasteiger partial charge in [-0.25, -0.2) is 9.59 Å². The number of anilines is 2. The lowest BCUT2D eigenvalue weighted by Gasteiger charge is -2.29. The van der Waals surface area contributed by atoms with Crippen LogP contribution in [-0.4, -0.2) is 66.4 Å². The summed E-state index contributed by atoms with van der Waals surface area (Å²) in [5.74, 6) is -9.99. The number of alkyl halides is 6. The predicted octanol–water partition coefficient (Wildman–Crippen LogP) is 7.82. The van der Waals surface area contributed by atoms with Crippen molar-refractivity contribution in [1.82, 2.24) is 0 Å². The summed E-state index contributed by atoms with van der Waals surface area (Å²) in [6.07, 6.45) is -6.10. The van der Waals surface area contributed by atoms with E-state index in [0.29, 0.717) is 5.56 Å². The van der Waals surface area contributed by atoms with Crippen LogP contribution in [-0.2, 0) is 9.59 Å². The molecule has 65 heavy (non-hydrogen) atoms. The van der Waals surface area contributed by atoms with Gasteiger partial charge in [0, 0.05) is 17.8 Å². The monoisotopic (exact) mass is 910 g/mol.